The highest BCUT2D eigenvalue weighted by atomic mass is 16.7. The van der Waals surface area contributed by atoms with Gasteiger partial charge in [0, 0.05) is 51.0 Å². The van der Waals surface area contributed by atoms with Crippen molar-refractivity contribution < 1.29 is 53.1 Å². The maximum absolute atomic E-state index is 14.4. The highest BCUT2D eigenvalue weighted by Gasteiger charge is 2.56. The summed E-state index contributed by atoms with van der Waals surface area (Å²) in [6.45, 7) is 15.5. The molecule has 3 heterocycles. The molecule has 0 radical (unpaired) electrons. The second kappa shape index (κ2) is 21.7. The van der Waals surface area contributed by atoms with Crippen molar-refractivity contribution in [3.05, 3.63) is 36.0 Å². The maximum Gasteiger partial charge on any atom is 0.329 e. The first-order valence-electron chi connectivity index (χ1n) is 21.5. The van der Waals surface area contributed by atoms with Crippen molar-refractivity contribution >= 4 is 23.4 Å². The Bertz CT molecular complexity index is 1500. The molecule has 2 saturated heterocycles. The number of hydrogen-bond acceptors (Lipinski definition) is 12. The summed E-state index contributed by atoms with van der Waals surface area (Å²) < 4.78 is 30.3. The number of esters is 1. The lowest BCUT2D eigenvalue weighted by Gasteiger charge is -2.47. The number of carbonyl (C=O) groups excluding carboxylic acids is 4. The normalized spacial score (nSPS) is 40.5. The summed E-state index contributed by atoms with van der Waals surface area (Å²) in [5.74, 6) is -7.39. The van der Waals surface area contributed by atoms with Crippen molar-refractivity contribution in [1.82, 2.24) is 4.90 Å². The van der Waals surface area contributed by atoms with Crippen LogP contribution in [0.2, 0.25) is 0 Å². The molecule has 13 heteroatoms. The van der Waals surface area contributed by atoms with E-state index >= 15 is 0 Å². The van der Waals surface area contributed by atoms with Crippen molar-refractivity contribution in [2.45, 2.75) is 167 Å². The summed E-state index contributed by atoms with van der Waals surface area (Å²) in [6.07, 6.45) is 6.69. The molecule has 1 amide bonds. The molecule has 0 aromatic rings. The average Bonchev–Trinajstić information content (AvgIpc) is 3.20. The van der Waals surface area contributed by atoms with Crippen LogP contribution in [0.15, 0.2) is 36.0 Å². The molecule has 2 bridgehead atoms. The number of hydrogen-bond donors (Lipinski definition) is 3. The predicted octanol–water partition coefficient (Wildman–Crippen LogP) is 5.00. The minimum absolute atomic E-state index is 0.0379. The van der Waals surface area contributed by atoms with Gasteiger partial charge in [0.2, 0.25) is 5.79 Å². The monoisotopic (exact) mass is 817 g/mol. The number of rotatable bonds is 8. The lowest BCUT2D eigenvalue weighted by atomic mass is 9.81. The summed E-state index contributed by atoms with van der Waals surface area (Å²) >= 11 is 0. The number of aliphatic hydroxyl groups excluding tert-OH is 1. The third-order valence-corrected chi connectivity index (χ3v) is 13.1. The first-order valence-corrected chi connectivity index (χ1v) is 21.5. The molecule has 4 rings (SSSR count). The van der Waals surface area contributed by atoms with Crippen molar-refractivity contribution in [1.29, 1.82) is 0 Å². The Morgan fingerprint density at radius 3 is 2.36 bits per heavy atom. The van der Waals surface area contributed by atoms with E-state index in [1.807, 2.05) is 32.9 Å². The average molecular weight is 817 g/mol. The maximum atomic E-state index is 14.4. The quantitative estimate of drug-likeness (QED) is 0.170. The zero-order valence-electron chi connectivity index (χ0n) is 36.2. The summed E-state index contributed by atoms with van der Waals surface area (Å²) in [5, 5.41) is 23.8. The van der Waals surface area contributed by atoms with Gasteiger partial charge in [-0.25, -0.2) is 4.79 Å². The number of piperidine rings is 1. The van der Waals surface area contributed by atoms with E-state index < -0.39 is 77.8 Å². The number of nitrogens with two attached hydrogens (primary N) is 1. The topological polar surface area (TPSA) is 184 Å². The van der Waals surface area contributed by atoms with Gasteiger partial charge in [-0.2, -0.15) is 0 Å². The number of methoxy groups -OCH3 is 2. The predicted molar refractivity (Wildman–Crippen MR) is 219 cm³/mol. The van der Waals surface area contributed by atoms with Crippen LogP contribution in [0, 0.1) is 29.6 Å². The molecule has 0 spiro atoms. The second-order valence-electron chi connectivity index (χ2n) is 17.6. The number of allylic oxidation sites excluding steroid dienone is 3. The third kappa shape index (κ3) is 11.5. The largest absolute Gasteiger partial charge is 0.456 e. The molecular formula is C45H72N2O11. The highest BCUT2D eigenvalue weighted by molar-refractivity contribution is 6.39. The molecule has 3 fully saturated rings. The molecule has 1 saturated carbocycles. The van der Waals surface area contributed by atoms with E-state index in [0.29, 0.717) is 50.7 Å². The van der Waals surface area contributed by atoms with Gasteiger partial charge in [0.15, 0.2) is 0 Å². The number of carbonyl (C=O) groups is 4. The number of aliphatic hydroxyl groups is 2. The van der Waals surface area contributed by atoms with Crippen LogP contribution in [0.5, 0.6) is 0 Å². The minimum atomic E-state index is -2.50. The number of Topliss-reactive ketones (excluding diaryl/α,β-unsaturated/α-hetero) is 2. The van der Waals surface area contributed by atoms with E-state index in [-0.39, 0.29) is 55.6 Å². The van der Waals surface area contributed by atoms with Gasteiger partial charge in [0.1, 0.15) is 24.0 Å². The number of fused-ring (bicyclic) bond motifs is 3. The zero-order valence-corrected chi connectivity index (χ0v) is 36.2. The van der Waals surface area contributed by atoms with Crippen LogP contribution in [0.4, 0.5) is 0 Å². The molecule has 4 N–H and O–H groups in total. The molecule has 328 valence electrons. The van der Waals surface area contributed by atoms with Crippen LogP contribution in [0.3, 0.4) is 0 Å². The van der Waals surface area contributed by atoms with Gasteiger partial charge in [0.05, 0.1) is 31.0 Å². The Morgan fingerprint density at radius 2 is 1.71 bits per heavy atom. The number of ketones is 2. The van der Waals surface area contributed by atoms with Crippen molar-refractivity contribution in [3.8, 4) is 0 Å². The number of nitrogens with zero attached hydrogens (tertiary/aromatic N) is 1. The van der Waals surface area contributed by atoms with Crippen LogP contribution < -0.4 is 5.73 Å². The van der Waals surface area contributed by atoms with Crippen LogP contribution in [0.1, 0.15) is 112 Å². The van der Waals surface area contributed by atoms with E-state index in [9.17, 15) is 29.4 Å². The fourth-order valence-electron chi connectivity index (χ4n) is 9.56. The van der Waals surface area contributed by atoms with Gasteiger partial charge in [-0.1, -0.05) is 51.5 Å². The van der Waals surface area contributed by atoms with Crippen molar-refractivity contribution in [2.24, 2.45) is 35.3 Å². The van der Waals surface area contributed by atoms with Crippen LogP contribution in [-0.2, 0) is 42.9 Å². The van der Waals surface area contributed by atoms with Gasteiger partial charge in [-0.3, -0.25) is 14.4 Å². The molecule has 14 atom stereocenters. The van der Waals surface area contributed by atoms with E-state index in [1.54, 1.807) is 19.9 Å². The van der Waals surface area contributed by atoms with Gasteiger partial charge >= 0.3 is 5.97 Å². The molecule has 0 aromatic carbocycles. The van der Waals surface area contributed by atoms with Gasteiger partial charge in [-0.05, 0) is 95.5 Å². The lowest BCUT2D eigenvalue weighted by Crippen LogP contribution is -2.64. The molecule has 3 aliphatic heterocycles. The Morgan fingerprint density at radius 1 is 1.02 bits per heavy atom. The van der Waals surface area contributed by atoms with Gasteiger partial charge in [0.25, 0.3) is 11.7 Å². The van der Waals surface area contributed by atoms with Crippen LogP contribution in [0.25, 0.3) is 0 Å². The number of cyclic esters (lactones) is 1. The van der Waals surface area contributed by atoms with E-state index in [1.165, 1.54) is 19.1 Å². The standard InChI is InChI=1S/C45H72N2O11/c1-10-18-56-37-24-31(15-16-33(37)46)22-28(5)40-30(7)35(48)25-36(49)32(11-2)20-26(3)19-27(4)21-38(54-8)41-39(55-9)23-29(6)45(53,58-41)42(50)43(51)47-17-13-12-14-34(47)44(52)57-40/h10,20,22,27,29-35,37-41,48,53H,1,11-19,21,23-25,46H2,2-9H3/b26-20+,28-22?. The summed E-state index contributed by atoms with van der Waals surface area (Å²) in [5.41, 5.74) is 8.09. The van der Waals surface area contributed by atoms with E-state index in [4.69, 9.17) is 29.4 Å². The third-order valence-electron chi connectivity index (χ3n) is 13.1. The molecule has 13 nitrogen and oxygen atoms in total. The summed E-state index contributed by atoms with van der Waals surface area (Å²) in [6, 6.07) is -1.25. The highest BCUT2D eigenvalue weighted by Crippen LogP contribution is 2.39. The summed E-state index contributed by atoms with van der Waals surface area (Å²) in [7, 11) is 3.07. The SMILES string of the molecule is C=CCOC1CC(C=C(C)C2OC(=O)C3CCCCN3C(=O)C(=O)C3(O)OC(C(OC)CC(C)C/C(C)=C/C(CC)C(=O)CC(O)C2C)C(OC)CC3C)CCC1N. The summed E-state index contributed by atoms with van der Waals surface area (Å²) in [4.78, 5) is 57.9. The van der Waals surface area contributed by atoms with Crippen molar-refractivity contribution in [2.75, 3.05) is 27.4 Å². The Labute approximate surface area is 346 Å². The Hall–Kier alpha value is -2.78. The van der Waals surface area contributed by atoms with Gasteiger partial charge in [-0.15, -0.1) is 6.58 Å². The number of amides is 1. The first-order chi connectivity index (χ1) is 27.5. The molecule has 14 unspecified atom stereocenters. The van der Waals surface area contributed by atoms with Crippen molar-refractivity contribution in [3.63, 3.8) is 0 Å². The molecule has 1 aliphatic carbocycles. The number of ether oxygens (including phenoxy) is 5. The van der Waals surface area contributed by atoms with Gasteiger partial charge < -0.3 is 44.5 Å². The molecule has 4 aliphatic rings. The molecule has 58 heavy (non-hydrogen) atoms. The fraction of sp³-hybridized carbons (Fsp3) is 0.778. The first kappa shape index (κ1) is 47.9. The lowest BCUT2D eigenvalue weighted by molar-refractivity contribution is -0.302. The second-order valence-corrected chi connectivity index (χ2v) is 17.6. The smallest absolute Gasteiger partial charge is 0.329 e. The Kier molecular flexibility index (Phi) is 17.9. The molecule has 0 aromatic heterocycles. The van der Waals surface area contributed by atoms with Crippen LogP contribution in [-0.4, -0.2) is 120 Å². The van der Waals surface area contributed by atoms with Crippen LogP contribution >= 0.6 is 0 Å². The zero-order chi connectivity index (χ0) is 42.9. The van der Waals surface area contributed by atoms with E-state index in [0.717, 1.165) is 18.4 Å². The Balaban J connectivity index is 1.76. The van der Waals surface area contributed by atoms with E-state index in [2.05, 4.69) is 13.5 Å². The fourth-order valence-corrected chi connectivity index (χ4v) is 9.56. The minimum Gasteiger partial charge on any atom is -0.456 e. The molecular weight excluding hydrogens is 744 g/mol.